The van der Waals surface area contributed by atoms with Crippen LogP contribution >= 0.6 is 0 Å². The van der Waals surface area contributed by atoms with E-state index in [1.165, 1.54) is 10.7 Å². The van der Waals surface area contributed by atoms with Gasteiger partial charge in [0.2, 0.25) is 0 Å². The third-order valence-electron chi connectivity index (χ3n) is 1.90. The van der Waals surface area contributed by atoms with Crippen molar-refractivity contribution in [1.29, 1.82) is 0 Å². The van der Waals surface area contributed by atoms with Crippen molar-refractivity contribution in [3.63, 3.8) is 0 Å². The second kappa shape index (κ2) is 3.60. The molecule has 13 heavy (non-hydrogen) atoms. The summed E-state index contributed by atoms with van der Waals surface area (Å²) in [4.78, 5) is 22.6. The number of nitrogens with zero attached hydrogens (tertiary/aromatic N) is 1. The molecule has 0 saturated heterocycles. The van der Waals surface area contributed by atoms with E-state index >= 15 is 0 Å². The molecule has 0 spiro atoms. The lowest BCUT2D eigenvalue weighted by Crippen LogP contribution is -2.14. The van der Waals surface area contributed by atoms with Crippen LogP contribution in [0, 0.1) is 5.92 Å². The van der Waals surface area contributed by atoms with E-state index in [0.717, 1.165) is 0 Å². The van der Waals surface area contributed by atoms with E-state index in [1.807, 2.05) is 20.8 Å². The van der Waals surface area contributed by atoms with Crippen molar-refractivity contribution in [2.24, 2.45) is 5.92 Å². The first kappa shape index (κ1) is 9.77. The Morgan fingerprint density at radius 1 is 1.62 bits per heavy atom. The van der Waals surface area contributed by atoms with Crippen LogP contribution in [0.3, 0.4) is 0 Å². The van der Waals surface area contributed by atoms with Gasteiger partial charge in [0.05, 0.1) is 0 Å². The third kappa shape index (κ3) is 1.88. The molecule has 72 valence electrons. The topological polar surface area (TPSA) is 54.9 Å². The second-order valence-electron chi connectivity index (χ2n) is 3.27. The molecule has 0 bridgehead atoms. The molecule has 0 aliphatic rings. The highest BCUT2D eigenvalue weighted by atomic mass is 16.1. The van der Waals surface area contributed by atoms with Crippen LogP contribution in [0.4, 0.5) is 0 Å². The quantitative estimate of drug-likeness (QED) is 0.710. The number of nitrogens with one attached hydrogen (secondary N) is 1. The molecule has 0 fully saturated rings. The van der Waals surface area contributed by atoms with E-state index in [-0.39, 0.29) is 17.3 Å². The molecule has 1 rings (SSSR count). The Kier molecular flexibility index (Phi) is 2.70. The fourth-order valence-electron chi connectivity index (χ4n) is 1.11. The number of aromatic amines is 1. The Bertz CT molecular complexity index is 360. The molecule has 0 amide bonds. The largest absolute Gasteiger partial charge is 0.292 e. The van der Waals surface area contributed by atoms with Crippen LogP contribution in [-0.4, -0.2) is 15.6 Å². The minimum absolute atomic E-state index is 0.0238. The molecule has 4 nitrogen and oxygen atoms in total. The van der Waals surface area contributed by atoms with Gasteiger partial charge in [0, 0.05) is 18.5 Å². The van der Waals surface area contributed by atoms with E-state index in [2.05, 4.69) is 5.10 Å². The molecule has 0 aromatic carbocycles. The van der Waals surface area contributed by atoms with Gasteiger partial charge in [-0.3, -0.25) is 19.4 Å². The van der Waals surface area contributed by atoms with Crippen LogP contribution in [0.1, 0.15) is 31.3 Å². The monoisotopic (exact) mass is 182 g/mol. The summed E-state index contributed by atoms with van der Waals surface area (Å²) in [5.41, 5.74) is 0.258. The first-order valence-corrected chi connectivity index (χ1v) is 4.40. The van der Waals surface area contributed by atoms with Gasteiger partial charge in [0.25, 0.3) is 5.56 Å². The van der Waals surface area contributed by atoms with Gasteiger partial charge in [-0.25, -0.2) is 0 Å². The van der Waals surface area contributed by atoms with E-state index < -0.39 is 0 Å². The maximum Gasteiger partial charge on any atom is 0.267 e. The van der Waals surface area contributed by atoms with Crippen molar-refractivity contribution < 1.29 is 4.79 Å². The highest BCUT2D eigenvalue weighted by molar-refractivity contribution is 5.95. The zero-order valence-electron chi connectivity index (χ0n) is 8.13. The van der Waals surface area contributed by atoms with Crippen molar-refractivity contribution in [2.45, 2.75) is 27.3 Å². The summed E-state index contributed by atoms with van der Waals surface area (Å²) >= 11 is 0. The van der Waals surface area contributed by atoms with Gasteiger partial charge in [-0.2, -0.15) is 0 Å². The van der Waals surface area contributed by atoms with Gasteiger partial charge in [0.1, 0.15) is 5.69 Å². The zero-order valence-corrected chi connectivity index (χ0v) is 8.13. The van der Waals surface area contributed by atoms with Crippen LogP contribution in [0.2, 0.25) is 0 Å². The van der Waals surface area contributed by atoms with E-state index in [9.17, 15) is 9.59 Å². The van der Waals surface area contributed by atoms with Crippen molar-refractivity contribution >= 4 is 5.78 Å². The Labute approximate surface area is 76.6 Å². The smallest absolute Gasteiger partial charge is 0.267 e. The zero-order chi connectivity index (χ0) is 10.0. The van der Waals surface area contributed by atoms with Gasteiger partial charge in [-0.05, 0) is 6.92 Å². The summed E-state index contributed by atoms with van der Waals surface area (Å²) in [5, 5.41) is 2.77. The average Bonchev–Trinajstić information content (AvgIpc) is 2.45. The molecular formula is C9H14N2O2. The van der Waals surface area contributed by atoms with Crippen LogP contribution in [-0.2, 0) is 6.54 Å². The normalized spacial score (nSPS) is 10.8. The molecule has 0 aliphatic carbocycles. The van der Waals surface area contributed by atoms with Crippen molar-refractivity contribution in [1.82, 2.24) is 9.78 Å². The highest BCUT2D eigenvalue weighted by Crippen LogP contribution is 2.02. The average molecular weight is 182 g/mol. The number of aromatic nitrogens is 2. The Hall–Kier alpha value is -1.32. The van der Waals surface area contributed by atoms with Gasteiger partial charge >= 0.3 is 0 Å². The Morgan fingerprint density at radius 2 is 2.23 bits per heavy atom. The number of H-pyrrole nitrogens is 1. The maximum absolute atomic E-state index is 11.4. The lowest BCUT2D eigenvalue weighted by Gasteiger charge is -2.00. The first-order valence-electron chi connectivity index (χ1n) is 4.40. The van der Waals surface area contributed by atoms with Crippen LogP contribution < -0.4 is 5.56 Å². The molecular weight excluding hydrogens is 168 g/mol. The van der Waals surface area contributed by atoms with Gasteiger partial charge in [-0.1, -0.05) is 13.8 Å². The summed E-state index contributed by atoms with van der Waals surface area (Å²) in [7, 11) is 0. The molecule has 1 aromatic rings. The molecule has 0 radical (unpaired) electrons. The number of hydrogen-bond donors (Lipinski definition) is 1. The van der Waals surface area contributed by atoms with Crippen molar-refractivity contribution in [3.8, 4) is 0 Å². The Morgan fingerprint density at radius 3 is 2.62 bits per heavy atom. The fraction of sp³-hybridized carbons (Fsp3) is 0.556. The first-order chi connectivity index (χ1) is 6.06. The van der Waals surface area contributed by atoms with Gasteiger partial charge in [-0.15, -0.1) is 0 Å². The van der Waals surface area contributed by atoms with Crippen LogP contribution in [0.15, 0.2) is 10.9 Å². The number of aryl methyl sites for hydroxylation is 1. The summed E-state index contributed by atoms with van der Waals surface area (Å²) in [6.45, 7) is 6.03. The Balaban J connectivity index is 3.04. The third-order valence-corrected chi connectivity index (χ3v) is 1.90. The molecule has 0 aliphatic heterocycles. The standard InChI is InChI=1S/C9H14N2O2/c1-4-11-8(12)5-7(10-11)9(13)6(2)3/h5-6,10H,4H2,1-3H3. The highest BCUT2D eigenvalue weighted by Gasteiger charge is 2.13. The number of carbonyl (C=O) groups is 1. The summed E-state index contributed by atoms with van der Waals surface area (Å²) in [6, 6.07) is 1.35. The molecule has 1 aromatic heterocycles. The SMILES string of the molecule is CCn1[nH]c(C(=O)C(C)C)cc1=O. The number of hydrogen-bond acceptors (Lipinski definition) is 2. The number of ketones is 1. The summed E-state index contributed by atoms with van der Waals surface area (Å²) < 4.78 is 1.41. The lowest BCUT2D eigenvalue weighted by atomic mass is 10.1. The lowest BCUT2D eigenvalue weighted by molar-refractivity contribution is 0.0933. The number of rotatable bonds is 3. The number of Topliss-reactive ketones (excluding diaryl/α,β-unsaturated/α-hetero) is 1. The molecule has 0 atom stereocenters. The van der Waals surface area contributed by atoms with E-state index in [4.69, 9.17) is 0 Å². The number of carbonyl (C=O) groups excluding carboxylic acids is 1. The van der Waals surface area contributed by atoms with Crippen molar-refractivity contribution in [2.75, 3.05) is 0 Å². The fourth-order valence-corrected chi connectivity index (χ4v) is 1.11. The van der Waals surface area contributed by atoms with Gasteiger partial charge < -0.3 is 0 Å². The second-order valence-corrected chi connectivity index (χ2v) is 3.27. The molecule has 1 heterocycles. The predicted molar refractivity (Wildman–Crippen MR) is 49.9 cm³/mol. The maximum atomic E-state index is 11.4. The summed E-state index contributed by atoms with van der Waals surface area (Å²) in [5.74, 6) is -0.104. The van der Waals surface area contributed by atoms with Crippen LogP contribution in [0.5, 0.6) is 0 Å². The van der Waals surface area contributed by atoms with E-state index in [0.29, 0.717) is 12.2 Å². The minimum Gasteiger partial charge on any atom is -0.292 e. The molecule has 0 unspecified atom stereocenters. The predicted octanol–water partition coefficient (Wildman–Crippen LogP) is 1.03. The van der Waals surface area contributed by atoms with E-state index in [1.54, 1.807) is 0 Å². The van der Waals surface area contributed by atoms with Crippen LogP contribution in [0.25, 0.3) is 0 Å². The minimum atomic E-state index is -0.147. The molecule has 0 saturated carbocycles. The molecule has 1 N–H and O–H groups in total. The van der Waals surface area contributed by atoms with Gasteiger partial charge in [0.15, 0.2) is 5.78 Å². The van der Waals surface area contributed by atoms with Crippen molar-refractivity contribution in [3.05, 3.63) is 22.1 Å². The molecule has 4 heteroatoms. The summed E-state index contributed by atoms with van der Waals surface area (Å²) in [6.07, 6.45) is 0.